The predicted molar refractivity (Wildman–Crippen MR) is 122 cm³/mol. The zero-order valence-corrected chi connectivity index (χ0v) is 18.0. The van der Waals surface area contributed by atoms with Crippen molar-refractivity contribution in [1.29, 1.82) is 0 Å². The molecule has 1 aromatic heterocycles. The van der Waals surface area contributed by atoms with E-state index in [9.17, 15) is 9.18 Å². The number of nitrogens with zero attached hydrogens (tertiary/aromatic N) is 3. The third kappa shape index (κ3) is 4.83. The number of carbonyl (C=O) groups excluding carboxylic acids is 1. The second-order valence-electron chi connectivity index (χ2n) is 7.12. The van der Waals surface area contributed by atoms with Crippen LogP contribution < -0.4 is 5.32 Å². The normalized spacial score (nSPS) is 10.8. The summed E-state index contributed by atoms with van der Waals surface area (Å²) in [4.78, 5) is 12.4. The van der Waals surface area contributed by atoms with E-state index in [-0.39, 0.29) is 11.7 Å². The molecule has 0 unspecified atom stereocenters. The first kappa shape index (κ1) is 20.8. The molecule has 0 spiro atoms. The minimum atomic E-state index is -0.396. The number of hydrogen-bond acceptors (Lipinski definition) is 4. The number of aromatic nitrogens is 3. The topological polar surface area (TPSA) is 59.8 Å². The van der Waals surface area contributed by atoms with Crippen molar-refractivity contribution in [3.05, 3.63) is 89.7 Å². The van der Waals surface area contributed by atoms with Crippen molar-refractivity contribution in [1.82, 2.24) is 14.8 Å². The fourth-order valence-corrected chi connectivity index (χ4v) is 3.88. The highest BCUT2D eigenvalue weighted by atomic mass is 32.2. The average molecular weight is 433 g/mol. The summed E-state index contributed by atoms with van der Waals surface area (Å²) in [7, 11) is 0. The molecule has 0 fully saturated rings. The van der Waals surface area contributed by atoms with E-state index in [1.807, 2.05) is 41.0 Å². The molecule has 0 saturated heterocycles. The predicted octanol–water partition coefficient (Wildman–Crippen LogP) is 5.42. The molecule has 0 radical (unpaired) electrons. The number of carbonyl (C=O) groups is 1. The summed E-state index contributed by atoms with van der Waals surface area (Å²) < 4.78 is 15.3. The van der Waals surface area contributed by atoms with Crippen LogP contribution in [0.4, 0.5) is 10.1 Å². The zero-order valence-electron chi connectivity index (χ0n) is 17.2. The van der Waals surface area contributed by atoms with Crippen LogP contribution in [0.1, 0.15) is 11.1 Å². The van der Waals surface area contributed by atoms with Crippen molar-refractivity contribution in [3.8, 4) is 17.1 Å². The monoisotopic (exact) mass is 432 g/mol. The summed E-state index contributed by atoms with van der Waals surface area (Å²) in [5, 5.41) is 12.1. The van der Waals surface area contributed by atoms with Crippen LogP contribution in [0.15, 0.2) is 78.0 Å². The number of benzene rings is 3. The maximum atomic E-state index is 13.4. The molecule has 3 aromatic carbocycles. The van der Waals surface area contributed by atoms with Gasteiger partial charge in [-0.25, -0.2) is 4.39 Å². The maximum Gasteiger partial charge on any atom is 0.234 e. The average Bonchev–Trinajstić information content (AvgIpc) is 3.19. The summed E-state index contributed by atoms with van der Waals surface area (Å²) in [6, 6.07) is 21.8. The Morgan fingerprint density at radius 1 is 0.968 bits per heavy atom. The second kappa shape index (κ2) is 9.14. The van der Waals surface area contributed by atoms with Crippen molar-refractivity contribution >= 4 is 23.4 Å². The number of hydrogen-bond donors (Lipinski definition) is 1. The van der Waals surface area contributed by atoms with Gasteiger partial charge in [-0.3, -0.25) is 9.36 Å². The number of nitrogens with one attached hydrogen (secondary N) is 1. The van der Waals surface area contributed by atoms with Crippen molar-refractivity contribution in [2.24, 2.45) is 0 Å². The lowest BCUT2D eigenvalue weighted by Crippen LogP contribution is -2.14. The molecule has 0 saturated carbocycles. The molecular formula is C24H21FN4OS. The molecule has 4 rings (SSSR count). The van der Waals surface area contributed by atoms with Crippen molar-refractivity contribution < 1.29 is 9.18 Å². The molecule has 7 heteroatoms. The molecule has 0 bridgehead atoms. The van der Waals surface area contributed by atoms with Crippen LogP contribution in [0.3, 0.4) is 0 Å². The third-order valence-electron chi connectivity index (χ3n) is 4.85. The summed E-state index contributed by atoms with van der Waals surface area (Å²) in [5.74, 6) is 0.185. The molecular weight excluding hydrogens is 411 g/mol. The van der Waals surface area contributed by atoms with Crippen LogP contribution in [-0.2, 0) is 4.79 Å². The fraction of sp³-hybridized carbons (Fsp3) is 0.125. The van der Waals surface area contributed by atoms with E-state index in [1.165, 1.54) is 29.5 Å². The van der Waals surface area contributed by atoms with Crippen LogP contribution in [-0.4, -0.2) is 26.4 Å². The lowest BCUT2D eigenvalue weighted by Gasteiger charge is -2.12. The van der Waals surface area contributed by atoms with Crippen LogP contribution >= 0.6 is 11.8 Å². The summed E-state index contributed by atoms with van der Waals surface area (Å²) >= 11 is 1.28. The quantitative estimate of drug-likeness (QED) is 0.413. The molecule has 31 heavy (non-hydrogen) atoms. The summed E-state index contributed by atoms with van der Waals surface area (Å²) in [6.45, 7) is 4.13. The Hall–Kier alpha value is -3.45. The molecule has 1 amide bonds. The number of halogens is 1. The molecule has 0 aliphatic carbocycles. The number of aryl methyl sites for hydroxylation is 2. The van der Waals surface area contributed by atoms with Crippen LogP contribution in [0.2, 0.25) is 0 Å². The smallest absolute Gasteiger partial charge is 0.234 e. The van der Waals surface area contributed by atoms with Crippen LogP contribution in [0, 0.1) is 19.7 Å². The molecule has 156 valence electrons. The number of amides is 1. The first-order valence-electron chi connectivity index (χ1n) is 9.78. The Labute approximate surface area is 184 Å². The number of anilines is 1. The lowest BCUT2D eigenvalue weighted by atomic mass is 10.1. The second-order valence-corrected chi connectivity index (χ2v) is 8.07. The number of thioether (sulfide) groups is 1. The van der Waals surface area contributed by atoms with Gasteiger partial charge in [-0.15, -0.1) is 10.2 Å². The molecule has 1 heterocycles. The highest BCUT2D eigenvalue weighted by Gasteiger charge is 2.17. The Kier molecular flexibility index (Phi) is 6.13. The third-order valence-corrected chi connectivity index (χ3v) is 5.78. The Morgan fingerprint density at radius 2 is 1.77 bits per heavy atom. The van der Waals surface area contributed by atoms with Crippen molar-refractivity contribution in [2.45, 2.75) is 19.0 Å². The Balaban J connectivity index is 1.62. The van der Waals surface area contributed by atoms with Gasteiger partial charge < -0.3 is 5.32 Å². The molecule has 0 atom stereocenters. The molecule has 1 N–H and O–H groups in total. The van der Waals surface area contributed by atoms with Gasteiger partial charge in [0.05, 0.1) is 11.4 Å². The van der Waals surface area contributed by atoms with E-state index in [0.29, 0.717) is 16.7 Å². The molecule has 0 aliphatic heterocycles. The molecule has 5 nitrogen and oxygen atoms in total. The van der Waals surface area contributed by atoms with Gasteiger partial charge in [-0.05, 0) is 55.3 Å². The van der Waals surface area contributed by atoms with Crippen molar-refractivity contribution in [3.63, 3.8) is 0 Å². The van der Waals surface area contributed by atoms with E-state index in [4.69, 9.17) is 0 Å². The Morgan fingerprint density at radius 3 is 2.52 bits per heavy atom. The van der Waals surface area contributed by atoms with E-state index in [1.54, 1.807) is 12.1 Å². The van der Waals surface area contributed by atoms with Gasteiger partial charge in [-0.2, -0.15) is 0 Å². The summed E-state index contributed by atoms with van der Waals surface area (Å²) in [6.07, 6.45) is 0. The van der Waals surface area contributed by atoms with E-state index < -0.39 is 5.82 Å². The summed E-state index contributed by atoms with van der Waals surface area (Å²) in [5.41, 5.74) is 4.64. The SMILES string of the molecule is Cc1ccc(-n2c(SCC(=O)Nc3cccc(F)c3)nnc2-c2ccccc2)cc1C. The highest BCUT2D eigenvalue weighted by Crippen LogP contribution is 2.29. The Bertz CT molecular complexity index is 1220. The molecule has 0 aliphatic rings. The lowest BCUT2D eigenvalue weighted by molar-refractivity contribution is -0.113. The van der Waals surface area contributed by atoms with Gasteiger partial charge in [0.15, 0.2) is 11.0 Å². The van der Waals surface area contributed by atoms with E-state index >= 15 is 0 Å². The number of rotatable bonds is 6. The minimum Gasteiger partial charge on any atom is -0.325 e. The van der Waals surface area contributed by atoms with Gasteiger partial charge in [0.25, 0.3) is 0 Å². The van der Waals surface area contributed by atoms with Gasteiger partial charge in [0, 0.05) is 11.3 Å². The van der Waals surface area contributed by atoms with Gasteiger partial charge in [-0.1, -0.05) is 54.2 Å². The van der Waals surface area contributed by atoms with Crippen LogP contribution in [0.5, 0.6) is 0 Å². The van der Waals surface area contributed by atoms with Gasteiger partial charge in [0.1, 0.15) is 5.82 Å². The van der Waals surface area contributed by atoms with Gasteiger partial charge in [0.2, 0.25) is 5.91 Å². The van der Waals surface area contributed by atoms with E-state index in [0.717, 1.165) is 16.8 Å². The standard InChI is InChI=1S/C24H21FN4OS/c1-16-11-12-21(13-17(16)2)29-23(18-7-4-3-5-8-18)27-28-24(29)31-15-22(30)26-20-10-6-9-19(25)14-20/h3-14H,15H2,1-2H3,(H,26,30). The van der Waals surface area contributed by atoms with Crippen LogP contribution in [0.25, 0.3) is 17.1 Å². The van der Waals surface area contributed by atoms with Crippen molar-refractivity contribution in [2.75, 3.05) is 11.1 Å². The molecule has 4 aromatic rings. The zero-order chi connectivity index (χ0) is 21.8. The fourth-order valence-electron chi connectivity index (χ4n) is 3.13. The maximum absolute atomic E-state index is 13.4. The minimum absolute atomic E-state index is 0.119. The van der Waals surface area contributed by atoms with E-state index in [2.05, 4.69) is 41.5 Å². The highest BCUT2D eigenvalue weighted by molar-refractivity contribution is 7.99. The largest absolute Gasteiger partial charge is 0.325 e. The van der Waals surface area contributed by atoms with Gasteiger partial charge >= 0.3 is 0 Å². The first-order valence-corrected chi connectivity index (χ1v) is 10.8. The first-order chi connectivity index (χ1) is 15.0.